The summed E-state index contributed by atoms with van der Waals surface area (Å²) in [6.45, 7) is 3.44. The van der Waals surface area contributed by atoms with Gasteiger partial charge in [-0.05, 0) is 59.3 Å². The van der Waals surface area contributed by atoms with Crippen LogP contribution in [-0.4, -0.2) is 59.1 Å². The van der Waals surface area contributed by atoms with E-state index in [9.17, 15) is 4.79 Å². The van der Waals surface area contributed by atoms with Crippen LogP contribution in [0.15, 0.2) is 66.9 Å². The molecule has 0 radical (unpaired) electrons. The predicted octanol–water partition coefficient (Wildman–Crippen LogP) is 3.05. The SMILES string of the molecule is COc1ccc2ccc(OCc3cn(-c4ccc(C(=O)N5CCNCC5)cc4)nn3)cc2c1. The van der Waals surface area contributed by atoms with Crippen molar-refractivity contribution in [3.8, 4) is 17.2 Å². The van der Waals surface area contributed by atoms with E-state index < -0.39 is 0 Å². The Labute approximate surface area is 191 Å². The topological polar surface area (TPSA) is 81.5 Å². The van der Waals surface area contributed by atoms with Crippen LogP contribution < -0.4 is 14.8 Å². The zero-order valence-electron chi connectivity index (χ0n) is 18.4. The summed E-state index contributed by atoms with van der Waals surface area (Å²) in [4.78, 5) is 14.5. The molecule has 168 valence electrons. The van der Waals surface area contributed by atoms with Crippen molar-refractivity contribution in [2.75, 3.05) is 33.3 Å². The zero-order valence-corrected chi connectivity index (χ0v) is 18.4. The van der Waals surface area contributed by atoms with E-state index in [0.717, 1.165) is 54.1 Å². The molecule has 0 unspecified atom stereocenters. The van der Waals surface area contributed by atoms with Crippen molar-refractivity contribution >= 4 is 16.7 Å². The molecule has 33 heavy (non-hydrogen) atoms. The first-order chi connectivity index (χ1) is 16.2. The van der Waals surface area contributed by atoms with Gasteiger partial charge in [-0.3, -0.25) is 4.79 Å². The van der Waals surface area contributed by atoms with Crippen LogP contribution in [0.2, 0.25) is 0 Å². The number of amides is 1. The molecule has 8 heteroatoms. The average Bonchev–Trinajstić information content (AvgIpc) is 3.36. The van der Waals surface area contributed by atoms with Gasteiger partial charge >= 0.3 is 0 Å². The van der Waals surface area contributed by atoms with E-state index in [4.69, 9.17) is 9.47 Å². The standard InChI is InChI=1S/C25H25N5O3/c1-32-23-8-4-18-5-9-24(15-20(18)14-23)33-17-21-16-30(28-27-21)22-6-2-19(3-7-22)25(31)29-12-10-26-11-13-29/h2-9,14-16,26H,10-13,17H2,1H3. The van der Waals surface area contributed by atoms with Gasteiger partial charge in [0.15, 0.2) is 0 Å². The third kappa shape index (κ3) is 4.65. The maximum atomic E-state index is 12.6. The molecule has 3 aromatic carbocycles. The van der Waals surface area contributed by atoms with Crippen LogP contribution >= 0.6 is 0 Å². The van der Waals surface area contributed by atoms with Gasteiger partial charge in [-0.1, -0.05) is 17.3 Å². The summed E-state index contributed by atoms with van der Waals surface area (Å²) < 4.78 is 12.9. The van der Waals surface area contributed by atoms with Gasteiger partial charge in [0.05, 0.1) is 19.0 Å². The number of methoxy groups -OCH3 is 1. The fraction of sp³-hybridized carbons (Fsp3) is 0.240. The Kier molecular flexibility index (Phi) is 5.91. The Hall–Kier alpha value is -3.91. The summed E-state index contributed by atoms with van der Waals surface area (Å²) in [5, 5.41) is 13.8. The Morgan fingerprint density at radius 2 is 1.70 bits per heavy atom. The normalized spacial score (nSPS) is 13.8. The lowest BCUT2D eigenvalue weighted by Gasteiger charge is -2.27. The van der Waals surface area contributed by atoms with Crippen LogP contribution in [0.3, 0.4) is 0 Å². The third-order valence-corrected chi connectivity index (χ3v) is 5.73. The third-order valence-electron chi connectivity index (χ3n) is 5.73. The maximum absolute atomic E-state index is 12.6. The molecule has 1 aliphatic rings. The number of rotatable bonds is 6. The molecular weight excluding hydrogens is 418 g/mol. The Balaban J connectivity index is 1.24. The summed E-state index contributed by atoms with van der Waals surface area (Å²) in [6, 6.07) is 19.3. The van der Waals surface area contributed by atoms with Crippen LogP contribution in [0.25, 0.3) is 16.5 Å². The maximum Gasteiger partial charge on any atom is 0.253 e. The van der Waals surface area contributed by atoms with Crippen molar-refractivity contribution in [2.24, 2.45) is 0 Å². The van der Waals surface area contributed by atoms with Crippen LogP contribution in [-0.2, 0) is 6.61 Å². The lowest BCUT2D eigenvalue weighted by molar-refractivity contribution is 0.0736. The van der Waals surface area contributed by atoms with Crippen LogP contribution in [0.4, 0.5) is 0 Å². The largest absolute Gasteiger partial charge is 0.497 e. The molecule has 0 aliphatic carbocycles. The summed E-state index contributed by atoms with van der Waals surface area (Å²) in [5.41, 5.74) is 2.22. The minimum absolute atomic E-state index is 0.0590. The van der Waals surface area contributed by atoms with Crippen molar-refractivity contribution in [1.29, 1.82) is 0 Å². The van der Waals surface area contributed by atoms with Gasteiger partial charge in [-0.15, -0.1) is 5.10 Å². The molecule has 1 amide bonds. The molecule has 0 saturated carbocycles. The molecule has 1 aromatic heterocycles. The van der Waals surface area contributed by atoms with E-state index >= 15 is 0 Å². The Morgan fingerprint density at radius 3 is 2.45 bits per heavy atom. The Bertz CT molecular complexity index is 1260. The number of nitrogens with one attached hydrogen (secondary N) is 1. The minimum atomic E-state index is 0.0590. The van der Waals surface area contributed by atoms with Gasteiger partial charge in [0.1, 0.15) is 23.8 Å². The fourth-order valence-corrected chi connectivity index (χ4v) is 3.87. The van der Waals surface area contributed by atoms with Crippen LogP contribution in [0.1, 0.15) is 16.1 Å². The average molecular weight is 444 g/mol. The summed E-state index contributed by atoms with van der Waals surface area (Å²) >= 11 is 0. The second-order valence-corrected chi connectivity index (χ2v) is 7.91. The first-order valence-corrected chi connectivity index (χ1v) is 10.9. The zero-order chi connectivity index (χ0) is 22.6. The van der Waals surface area contributed by atoms with Crippen molar-refractivity contribution in [2.45, 2.75) is 6.61 Å². The highest BCUT2D eigenvalue weighted by atomic mass is 16.5. The molecule has 0 spiro atoms. The molecule has 1 fully saturated rings. The van der Waals surface area contributed by atoms with E-state index in [0.29, 0.717) is 17.9 Å². The number of piperazine rings is 1. The molecule has 1 N–H and O–H groups in total. The second-order valence-electron chi connectivity index (χ2n) is 7.91. The van der Waals surface area contributed by atoms with E-state index in [1.54, 1.807) is 11.8 Å². The van der Waals surface area contributed by atoms with Gasteiger partial charge in [-0.2, -0.15) is 0 Å². The highest BCUT2D eigenvalue weighted by Crippen LogP contribution is 2.25. The molecule has 1 aliphatic heterocycles. The van der Waals surface area contributed by atoms with E-state index in [-0.39, 0.29) is 5.91 Å². The van der Waals surface area contributed by atoms with Gasteiger partial charge in [0, 0.05) is 31.7 Å². The highest BCUT2D eigenvalue weighted by Gasteiger charge is 2.17. The number of hydrogen-bond donors (Lipinski definition) is 1. The van der Waals surface area contributed by atoms with Gasteiger partial charge < -0.3 is 19.7 Å². The smallest absolute Gasteiger partial charge is 0.253 e. The first kappa shape index (κ1) is 21.0. The minimum Gasteiger partial charge on any atom is -0.497 e. The van der Waals surface area contributed by atoms with Gasteiger partial charge in [0.2, 0.25) is 0 Å². The van der Waals surface area contributed by atoms with Crippen molar-refractivity contribution in [3.05, 3.63) is 78.1 Å². The highest BCUT2D eigenvalue weighted by molar-refractivity contribution is 5.94. The number of fused-ring (bicyclic) bond motifs is 1. The van der Waals surface area contributed by atoms with Gasteiger partial charge in [-0.25, -0.2) is 4.68 Å². The van der Waals surface area contributed by atoms with Crippen molar-refractivity contribution in [3.63, 3.8) is 0 Å². The quantitative estimate of drug-likeness (QED) is 0.493. The van der Waals surface area contributed by atoms with Crippen LogP contribution in [0, 0.1) is 0 Å². The molecule has 4 aromatic rings. The molecule has 1 saturated heterocycles. The number of nitrogens with zero attached hydrogens (tertiary/aromatic N) is 4. The molecule has 5 rings (SSSR count). The molecule has 0 bridgehead atoms. The van der Waals surface area contributed by atoms with E-state index in [1.807, 2.05) is 71.8 Å². The number of benzene rings is 3. The number of carbonyl (C=O) groups is 1. The fourth-order valence-electron chi connectivity index (χ4n) is 3.87. The van der Waals surface area contributed by atoms with Crippen molar-refractivity contribution < 1.29 is 14.3 Å². The van der Waals surface area contributed by atoms with Crippen molar-refractivity contribution in [1.82, 2.24) is 25.2 Å². The second kappa shape index (κ2) is 9.30. The van der Waals surface area contributed by atoms with Crippen LogP contribution in [0.5, 0.6) is 11.5 Å². The molecular formula is C25H25N5O3. The summed E-state index contributed by atoms with van der Waals surface area (Å²) in [6.07, 6.45) is 1.83. The number of hydrogen-bond acceptors (Lipinski definition) is 6. The van der Waals surface area contributed by atoms with Gasteiger partial charge in [0.25, 0.3) is 5.91 Å². The number of carbonyl (C=O) groups excluding carboxylic acids is 1. The number of aromatic nitrogens is 3. The monoisotopic (exact) mass is 443 g/mol. The Morgan fingerprint density at radius 1 is 0.970 bits per heavy atom. The first-order valence-electron chi connectivity index (χ1n) is 10.9. The molecule has 0 atom stereocenters. The number of ether oxygens (including phenoxy) is 2. The molecule has 8 nitrogen and oxygen atoms in total. The molecule has 2 heterocycles. The summed E-state index contributed by atoms with van der Waals surface area (Å²) in [7, 11) is 1.66. The van der Waals surface area contributed by atoms with E-state index in [1.165, 1.54) is 0 Å². The summed E-state index contributed by atoms with van der Waals surface area (Å²) in [5.74, 6) is 1.62. The lowest BCUT2D eigenvalue weighted by Crippen LogP contribution is -2.46. The predicted molar refractivity (Wildman–Crippen MR) is 125 cm³/mol. The van der Waals surface area contributed by atoms with E-state index in [2.05, 4.69) is 15.6 Å². The lowest BCUT2D eigenvalue weighted by atomic mass is 10.1.